The van der Waals surface area contributed by atoms with Crippen LogP contribution in [0.3, 0.4) is 0 Å². The Morgan fingerprint density at radius 2 is 2.11 bits per heavy atom. The highest BCUT2D eigenvalue weighted by Gasteiger charge is 2.38. The van der Waals surface area contributed by atoms with E-state index in [9.17, 15) is 14.3 Å². The predicted molar refractivity (Wildman–Crippen MR) is 97.2 cm³/mol. The molecule has 1 atom stereocenters. The minimum absolute atomic E-state index is 0.106. The Labute approximate surface area is 157 Å². The van der Waals surface area contributed by atoms with Gasteiger partial charge in [0, 0.05) is 18.8 Å². The van der Waals surface area contributed by atoms with E-state index in [2.05, 4.69) is 9.88 Å². The van der Waals surface area contributed by atoms with Gasteiger partial charge in [0.1, 0.15) is 11.2 Å². The van der Waals surface area contributed by atoms with Gasteiger partial charge in [0.05, 0.1) is 19.8 Å². The molecule has 4 rings (SSSR count). The van der Waals surface area contributed by atoms with Gasteiger partial charge in [-0.2, -0.15) is 4.39 Å². The van der Waals surface area contributed by atoms with E-state index in [1.807, 2.05) is 0 Å². The smallest absolute Gasteiger partial charge is 0.277 e. The first-order valence-electron chi connectivity index (χ1n) is 9.42. The molecule has 2 saturated heterocycles. The summed E-state index contributed by atoms with van der Waals surface area (Å²) >= 11 is 0. The third kappa shape index (κ3) is 3.56. The van der Waals surface area contributed by atoms with Crippen LogP contribution in [0.4, 0.5) is 4.39 Å². The Kier molecular flexibility index (Phi) is 4.88. The van der Waals surface area contributed by atoms with E-state index in [0.717, 1.165) is 25.9 Å². The molecular formula is C19H25FN4O3. The maximum atomic E-state index is 14.9. The van der Waals surface area contributed by atoms with Gasteiger partial charge in [0.25, 0.3) is 5.91 Å². The minimum Gasteiger partial charge on any atom is -0.384 e. The predicted octanol–water partition coefficient (Wildman–Crippen LogP) is 1.08. The van der Waals surface area contributed by atoms with Crippen molar-refractivity contribution in [1.82, 2.24) is 19.2 Å². The second-order valence-electron chi connectivity index (χ2n) is 7.60. The number of aryl methyl sites for hydroxylation is 1. The van der Waals surface area contributed by atoms with Gasteiger partial charge in [-0.05, 0) is 45.0 Å². The fourth-order valence-corrected chi connectivity index (χ4v) is 4.04. The number of fused-ring (bicyclic) bond motifs is 1. The Morgan fingerprint density at radius 1 is 1.33 bits per heavy atom. The van der Waals surface area contributed by atoms with E-state index in [0.29, 0.717) is 31.0 Å². The molecule has 8 heteroatoms. The standard InChI is InChI=1S/C19H25FN4O3/c1-14-5-4-6-15-21-16(17(20)24(14)15)18(25)23-9-10-27-13-19(26,12-23)11-22-7-2-3-8-22/h4-6,26H,2-3,7-13H2,1H3. The Morgan fingerprint density at radius 3 is 2.85 bits per heavy atom. The lowest BCUT2D eigenvalue weighted by atomic mass is 10.0. The van der Waals surface area contributed by atoms with Crippen LogP contribution in [0.5, 0.6) is 0 Å². The molecule has 0 bridgehead atoms. The average Bonchev–Trinajstić information content (AvgIpc) is 3.20. The van der Waals surface area contributed by atoms with Gasteiger partial charge in [0.2, 0.25) is 5.95 Å². The van der Waals surface area contributed by atoms with Gasteiger partial charge in [-0.1, -0.05) is 6.07 Å². The number of ether oxygens (including phenoxy) is 1. The zero-order valence-corrected chi connectivity index (χ0v) is 15.5. The summed E-state index contributed by atoms with van der Waals surface area (Å²) in [5.74, 6) is -1.18. The molecule has 0 aromatic carbocycles. The second-order valence-corrected chi connectivity index (χ2v) is 7.60. The van der Waals surface area contributed by atoms with Gasteiger partial charge >= 0.3 is 0 Å². The third-order valence-corrected chi connectivity index (χ3v) is 5.35. The maximum absolute atomic E-state index is 14.9. The number of rotatable bonds is 3. The van der Waals surface area contributed by atoms with Crippen LogP contribution in [0.15, 0.2) is 18.2 Å². The molecule has 2 aliphatic rings. The van der Waals surface area contributed by atoms with Crippen molar-refractivity contribution in [2.45, 2.75) is 25.4 Å². The van der Waals surface area contributed by atoms with Crippen molar-refractivity contribution in [3.05, 3.63) is 35.5 Å². The van der Waals surface area contributed by atoms with Crippen LogP contribution < -0.4 is 0 Å². The highest BCUT2D eigenvalue weighted by molar-refractivity contribution is 5.93. The molecule has 1 amide bonds. The van der Waals surface area contributed by atoms with Crippen LogP contribution >= 0.6 is 0 Å². The normalized spacial score (nSPS) is 24.5. The second kappa shape index (κ2) is 7.18. The molecule has 1 unspecified atom stereocenters. The average molecular weight is 376 g/mol. The number of amides is 1. The highest BCUT2D eigenvalue weighted by atomic mass is 19.1. The lowest BCUT2D eigenvalue weighted by Gasteiger charge is -2.33. The minimum atomic E-state index is -1.16. The lowest BCUT2D eigenvalue weighted by molar-refractivity contribution is -0.0525. The molecule has 2 aromatic heterocycles. The number of β-amino-alcohol motifs (C(OH)–C–C–N with tert-alkyl or cyclic N) is 1. The number of aromatic nitrogens is 2. The number of carbonyl (C=O) groups excluding carboxylic acids is 1. The largest absolute Gasteiger partial charge is 0.384 e. The Bertz CT molecular complexity index is 849. The topological polar surface area (TPSA) is 70.3 Å². The third-order valence-electron chi connectivity index (χ3n) is 5.35. The SMILES string of the molecule is Cc1cccc2nc(C(=O)N3CCOCC(O)(CN4CCCC4)C3)c(F)n12. The number of hydrogen-bond acceptors (Lipinski definition) is 5. The summed E-state index contributed by atoms with van der Waals surface area (Å²) in [5, 5.41) is 11.1. The monoisotopic (exact) mass is 376 g/mol. The number of imidazole rings is 1. The van der Waals surface area contributed by atoms with Gasteiger partial charge in [-0.3, -0.25) is 9.20 Å². The van der Waals surface area contributed by atoms with Gasteiger partial charge in [0.15, 0.2) is 5.69 Å². The van der Waals surface area contributed by atoms with Gasteiger partial charge < -0.3 is 19.6 Å². The van der Waals surface area contributed by atoms with E-state index in [4.69, 9.17) is 4.74 Å². The summed E-state index contributed by atoms with van der Waals surface area (Å²) in [4.78, 5) is 20.9. The van der Waals surface area contributed by atoms with E-state index in [1.54, 1.807) is 25.1 Å². The van der Waals surface area contributed by atoms with E-state index >= 15 is 0 Å². The molecule has 0 saturated carbocycles. The van der Waals surface area contributed by atoms with Crippen LogP contribution in [0, 0.1) is 12.9 Å². The van der Waals surface area contributed by atoms with Crippen LogP contribution in [0.2, 0.25) is 0 Å². The number of carbonyl (C=O) groups is 1. The van der Waals surface area contributed by atoms with Crippen molar-refractivity contribution in [1.29, 1.82) is 0 Å². The molecule has 4 heterocycles. The molecule has 1 N–H and O–H groups in total. The van der Waals surface area contributed by atoms with Crippen LogP contribution in [-0.2, 0) is 4.74 Å². The summed E-state index contributed by atoms with van der Waals surface area (Å²) in [6.07, 6.45) is 2.23. The molecule has 2 aliphatic heterocycles. The zero-order valence-electron chi connectivity index (χ0n) is 15.5. The first-order chi connectivity index (χ1) is 13.0. The molecule has 27 heavy (non-hydrogen) atoms. The molecule has 146 valence electrons. The Hall–Kier alpha value is -2.03. The number of nitrogens with zero attached hydrogens (tertiary/aromatic N) is 4. The Balaban J connectivity index is 1.58. The first-order valence-corrected chi connectivity index (χ1v) is 9.42. The summed E-state index contributed by atoms with van der Waals surface area (Å²) in [6.45, 7) is 4.97. The molecule has 7 nitrogen and oxygen atoms in total. The first kappa shape index (κ1) is 18.3. The van der Waals surface area contributed by atoms with E-state index in [1.165, 1.54) is 9.30 Å². The van der Waals surface area contributed by atoms with Gasteiger partial charge in [-0.25, -0.2) is 4.98 Å². The molecule has 2 aromatic rings. The zero-order chi connectivity index (χ0) is 19.0. The fraction of sp³-hybridized carbons (Fsp3) is 0.579. The van der Waals surface area contributed by atoms with E-state index in [-0.39, 0.29) is 18.8 Å². The number of aliphatic hydroxyl groups is 1. The summed E-state index contributed by atoms with van der Waals surface area (Å²) in [5.41, 5.74) is -0.313. The fourth-order valence-electron chi connectivity index (χ4n) is 4.04. The molecule has 0 spiro atoms. The molecular weight excluding hydrogens is 351 g/mol. The molecule has 0 aliphatic carbocycles. The van der Waals surface area contributed by atoms with Gasteiger partial charge in [-0.15, -0.1) is 0 Å². The molecule has 2 fully saturated rings. The van der Waals surface area contributed by atoms with Crippen molar-refractivity contribution in [2.75, 3.05) is 45.9 Å². The maximum Gasteiger partial charge on any atom is 0.277 e. The van der Waals surface area contributed by atoms with Crippen LogP contribution in [0.25, 0.3) is 5.65 Å². The number of hydrogen-bond donors (Lipinski definition) is 1. The van der Waals surface area contributed by atoms with Crippen LogP contribution in [0.1, 0.15) is 29.0 Å². The molecule has 0 radical (unpaired) electrons. The highest BCUT2D eigenvalue weighted by Crippen LogP contribution is 2.21. The van der Waals surface area contributed by atoms with Crippen molar-refractivity contribution < 1.29 is 19.0 Å². The lowest BCUT2D eigenvalue weighted by Crippen LogP contribution is -2.53. The number of halogens is 1. The van der Waals surface area contributed by atoms with Crippen molar-refractivity contribution in [3.63, 3.8) is 0 Å². The van der Waals surface area contributed by atoms with Crippen molar-refractivity contribution in [2.24, 2.45) is 0 Å². The number of pyridine rings is 1. The summed E-state index contributed by atoms with van der Waals surface area (Å²) < 4.78 is 21.8. The summed E-state index contributed by atoms with van der Waals surface area (Å²) in [7, 11) is 0. The summed E-state index contributed by atoms with van der Waals surface area (Å²) in [6, 6.07) is 5.21. The quantitative estimate of drug-likeness (QED) is 0.868. The number of likely N-dealkylation sites (tertiary alicyclic amines) is 1. The van der Waals surface area contributed by atoms with E-state index < -0.39 is 17.5 Å². The van der Waals surface area contributed by atoms with Crippen LogP contribution in [-0.4, -0.2) is 81.7 Å². The van der Waals surface area contributed by atoms with Crippen molar-refractivity contribution >= 4 is 11.6 Å². The van der Waals surface area contributed by atoms with Crippen molar-refractivity contribution in [3.8, 4) is 0 Å².